The Morgan fingerprint density at radius 3 is 2.71 bits per heavy atom. The van der Waals surface area contributed by atoms with E-state index < -0.39 is 16.1 Å². The highest BCUT2D eigenvalue weighted by molar-refractivity contribution is 7.88. The summed E-state index contributed by atoms with van der Waals surface area (Å²) in [5, 5.41) is 4.94. The van der Waals surface area contributed by atoms with Gasteiger partial charge in [-0.15, -0.1) is 11.3 Å². The van der Waals surface area contributed by atoms with Crippen LogP contribution in [0.3, 0.4) is 0 Å². The normalized spacial score (nSPS) is 20.9. The predicted octanol–water partition coefficient (Wildman–Crippen LogP) is 1.76. The Morgan fingerprint density at radius 2 is 2.19 bits per heavy atom. The Balaban J connectivity index is 2.14. The fraction of sp³-hybridized carbons (Fsp3) is 0.500. The molecule has 0 spiro atoms. The number of rotatable bonds is 5. The molecule has 0 unspecified atom stereocenters. The molecule has 0 saturated heterocycles. The summed E-state index contributed by atoms with van der Waals surface area (Å²) in [6.45, 7) is 4.31. The molecule has 0 saturated carbocycles. The molecule has 21 heavy (non-hydrogen) atoms. The number of carbonyl (C=O) groups excluding carboxylic acids is 1. The van der Waals surface area contributed by atoms with Crippen molar-refractivity contribution in [3.63, 3.8) is 0 Å². The van der Waals surface area contributed by atoms with Gasteiger partial charge in [0.25, 0.3) is 0 Å². The van der Waals surface area contributed by atoms with Crippen LogP contribution in [0.1, 0.15) is 24.8 Å². The summed E-state index contributed by atoms with van der Waals surface area (Å²) < 4.78 is 24.6. The zero-order chi connectivity index (χ0) is 15.6. The van der Waals surface area contributed by atoms with Crippen LogP contribution in [-0.2, 0) is 14.8 Å². The van der Waals surface area contributed by atoms with Gasteiger partial charge in [-0.2, -0.15) is 4.31 Å². The lowest BCUT2D eigenvalue weighted by Crippen LogP contribution is -2.47. The summed E-state index contributed by atoms with van der Waals surface area (Å²) in [4.78, 5) is 13.5. The minimum atomic E-state index is -3.39. The average molecular weight is 328 g/mol. The van der Waals surface area contributed by atoms with Crippen LogP contribution < -0.4 is 5.32 Å². The standard InChI is InChI=1S/C14H20N2O3S2/c1-10(2)13(12-7-5-9-20-12)15-14(17)11-6-4-8-16(11)21(3,18)19/h4-7,9-11,13H,8H2,1-3H3,(H,15,17)/t11-,13-/m1/s1. The smallest absolute Gasteiger partial charge is 0.242 e. The van der Waals surface area contributed by atoms with E-state index in [0.29, 0.717) is 0 Å². The predicted molar refractivity (Wildman–Crippen MR) is 84.5 cm³/mol. The van der Waals surface area contributed by atoms with Crippen molar-refractivity contribution in [3.8, 4) is 0 Å². The molecular formula is C14H20N2O3S2. The Kier molecular flexibility index (Phi) is 4.85. The van der Waals surface area contributed by atoms with Gasteiger partial charge in [-0.25, -0.2) is 8.42 Å². The molecule has 5 nitrogen and oxygen atoms in total. The highest BCUT2D eigenvalue weighted by atomic mass is 32.2. The molecule has 1 aliphatic rings. The molecule has 116 valence electrons. The van der Waals surface area contributed by atoms with Crippen molar-refractivity contribution in [2.24, 2.45) is 5.92 Å². The van der Waals surface area contributed by atoms with E-state index in [9.17, 15) is 13.2 Å². The molecule has 7 heteroatoms. The van der Waals surface area contributed by atoms with Gasteiger partial charge in [0.05, 0.1) is 12.3 Å². The van der Waals surface area contributed by atoms with Gasteiger partial charge in [0.1, 0.15) is 6.04 Å². The number of amides is 1. The first-order chi connectivity index (χ1) is 9.80. The molecular weight excluding hydrogens is 308 g/mol. The molecule has 1 aliphatic heterocycles. The molecule has 2 rings (SSSR count). The van der Waals surface area contributed by atoms with E-state index in [1.807, 2.05) is 31.4 Å². The van der Waals surface area contributed by atoms with E-state index in [1.165, 1.54) is 4.31 Å². The van der Waals surface area contributed by atoms with Crippen LogP contribution in [0.4, 0.5) is 0 Å². The summed E-state index contributed by atoms with van der Waals surface area (Å²) in [5.41, 5.74) is 0. The summed E-state index contributed by atoms with van der Waals surface area (Å²) in [7, 11) is -3.39. The van der Waals surface area contributed by atoms with Crippen molar-refractivity contribution in [1.29, 1.82) is 0 Å². The number of hydrogen-bond acceptors (Lipinski definition) is 4. The largest absolute Gasteiger partial charge is 0.347 e. The summed E-state index contributed by atoms with van der Waals surface area (Å²) in [6.07, 6.45) is 4.47. The third kappa shape index (κ3) is 3.72. The molecule has 1 N–H and O–H groups in total. The van der Waals surface area contributed by atoms with Crippen LogP contribution in [0.2, 0.25) is 0 Å². The maximum absolute atomic E-state index is 12.4. The van der Waals surface area contributed by atoms with Gasteiger partial charge in [0.2, 0.25) is 15.9 Å². The summed E-state index contributed by atoms with van der Waals surface area (Å²) >= 11 is 1.59. The molecule has 2 atom stereocenters. The number of nitrogens with one attached hydrogen (secondary N) is 1. The lowest BCUT2D eigenvalue weighted by atomic mass is 10.0. The molecule has 0 aromatic carbocycles. The van der Waals surface area contributed by atoms with E-state index in [4.69, 9.17) is 0 Å². The second-order valence-electron chi connectivity index (χ2n) is 5.45. The highest BCUT2D eigenvalue weighted by Crippen LogP contribution is 2.26. The highest BCUT2D eigenvalue weighted by Gasteiger charge is 2.34. The molecule has 1 aromatic heterocycles. The maximum Gasteiger partial charge on any atom is 0.242 e. The van der Waals surface area contributed by atoms with E-state index in [-0.39, 0.29) is 24.4 Å². The van der Waals surface area contributed by atoms with Crippen molar-refractivity contribution in [2.75, 3.05) is 12.8 Å². The van der Waals surface area contributed by atoms with Gasteiger partial charge < -0.3 is 5.32 Å². The van der Waals surface area contributed by atoms with Crippen LogP contribution >= 0.6 is 11.3 Å². The van der Waals surface area contributed by atoms with Gasteiger partial charge in [-0.05, 0) is 17.4 Å². The quantitative estimate of drug-likeness (QED) is 0.838. The topological polar surface area (TPSA) is 66.5 Å². The second kappa shape index (κ2) is 6.29. The Morgan fingerprint density at radius 1 is 1.48 bits per heavy atom. The van der Waals surface area contributed by atoms with Gasteiger partial charge in [-0.1, -0.05) is 32.1 Å². The first-order valence-corrected chi connectivity index (χ1v) is 9.50. The van der Waals surface area contributed by atoms with Gasteiger partial charge in [0.15, 0.2) is 0 Å². The molecule has 1 amide bonds. The van der Waals surface area contributed by atoms with Gasteiger partial charge >= 0.3 is 0 Å². The molecule has 0 fully saturated rings. The summed E-state index contributed by atoms with van der Waals surface area (Å²) in [6, 6.07) is 3.07. The van der Waals surface area contributed by atoms with Crippen LogP contribution in [0, 0.1) is 5.92 Å². The number of thiophene rings is 1. The van der Waals surface area contributed by atoms with Crippen molar-refractivity contribution in [2.45, 2.75) is 25.9 Å². The second-order valence-corrected chi connectivity index (χ2v) is 8.37. The van der Waals surface area contributed by atoms with E-state index in [0.717, 1.165) is 11.1 Å². The third-order valence-electron chi connectivity index (χ3n) is 3.42. The average Bonchev–Trinajstić information content (AvgIpc) is 3.04. The van der Waals surface area contributed by atoms with E-state index in [2.05, 4.69) is 5.32 Å². The van der Waals surface area contributed by atoms with E-state index in [1.54, 1.807) is 23.5 Å². The third-order valence-corrected chi connectivity index (χ3v) is 5.61. The van der Waals surface area contributed by atoms with Crippen LogP contribution in [-0.4, -0.2) is 37.5 Å². The first-order valence-electron chi connectivity index (χ1n) is 6.78. The SMILES string of the molecule is CC(C)[C@@H](NC(=O)[C@H]1C=CCN1S(C)(=O)=O)c1cccs1. The molecule has 0 radical (unpaired) electrons. The van der Waals surface area contributed by atoms with Crippen molar-refractivity contribution >= 4 is 27.3 Å². The lowest BCUT2D eigenvalue weighted by Gasteiger charge is -2.26. The molecule has 0 aliphatic carbocycles. The van der Waals surface area contributed by atoms with Crippen molar-refractivity contribution in [3.05, 3.63) is 34.5 Å². The monoisotopic (exact) mass is 328 g/mol. The zero-order valence-corrected chi connectivity index (χ0v) is 13.9. The number of hydrogen-bond donors (Lipinski definition) is 1. The van der Waals surface area contributed by atoms with Crippen LogP contribution in [0.5, 0.6) is 0 Å². The first kappa shape index (κ1) is 16.2. The van der Waals surface area contributed by atoms with E-state index >= 15 is 0 Å². The summed E-state index contributed by atoms with van der Waals surface area (Å²) in [5.74, 6) is -0.0501. The molecule has 1 aromatic rings. The van der Waals surface area contributed by atoms with Gasteiger partial charge in [0, 0.05) is 11.4 Å². The molecule has 2 heterocycles. The lowest BCUT2D eigenvalue weighted by molar-refractivity contribution is -0.124. The van der Waals surface area contributed by atoms with Crippen LogP contribution in [0.15, 0.2) is 29.7 Å². The fourth-order valence-electron chi connectivity index (χ4n) is 2.34. The number of sulfonamides is 1. The maximum atomic E-state index is 12.4. The fourth-order valence-corrected chi connectivity index (χ4v) is 4.22. The zero-order valence-electron chi connectivity index (χ0n) is 12.3. The Hall–Kier alpha value is -1.18. The number of carbonyl (C=O) groups is 1. The Bertz CT molecular complexity index is 621. The van der Waals surface area contributed by atoms with Crippen LogP contribution in [0.25, 0.3) is 0 Å². The van der Waals surface area contributed by atoms with Crippen molar-refractivity contribution in [1.82, 2.24) is 9.62 Å². The van der Waals surface area contributed by atoms with Gasteiger partial charge in [-0.3, -0.25) is 4.79 Å². The van der Waals surface area contributed by atoms with Crippen molar-refractivity contribution < 1.29 is 13.2 Å². The Labute approximate surface area is 129 Å². The minimum absolute atomic E-state index is 0.104. The molecule has 0 bridgehead atoms. The number of nitrogens with zero attached hydrogens (tertiary/aromatic N) is 1. The minimum Gasteiger partial charge on any atom is -0.347 e.